The molecular formula is C24H35ClN6O3S. The Labute approximate surface area is 213 Å². The molecule has 35 heavy (non-hydrogen) atoms. The van der Waals surface area contributed by atoms with Crippen molar-refractivity contribution in [2.45, 2.75) is 50.6 Å². The molecule has 4 rings (SSSR count). The van der Waals surface area contributed by atoms with Gasteiger partial charge in [0.15, 0.2) is 5.82 Å². The van der Waals surface area contributed by atoms with Crippen molar-refractivity contribution in [3.63, 3.8) is 0 Å². The van der Waals surface area contributed by atoms with Gasteiger partial charge in [0.05, 0.1) is 19.1 Å². The van der Waals surface area contributed by atoms with Crippen LogP contribution >= 0.6 is 11.6 Å². The smallest absolute Gasteiger partial charge is 0.229 e. The van der Waals surface area contributed by atoms with Gasteiger partial charge in [-0.3, -0.25) is 0 Å². The summed E-state index contributed by atoms with van der Waals surface area (Å²) in [5.74, 6) is 1.08. The topological polar surface area (TPSA) is 108 Å². The number of methoxy groups -OCH3 is 1. The number of aromatic nitrogens is 2. The van der Waals surface area contributed by atoms with Crippen molar-refractivity contribution in [2.24, 2.45) is 0 Å². The molecule has 192 valence electrons. The van der Waals surface area contributed by atoms with E-state index in [0.29, 0.717) is 16.8 Å². The molecule has 1 aromatic heterocycles. The van der Waals surface area contributed by atoms with Crippen molar-refractivity contribution in [3.8, 4) is 0 Å². The molecule has 0 amide bonds. The molecule has 9 nitrogen and oxygen atoms in total. The Hall–Kier alpha value is -1.98. The van der Waals surface area contributed by atoms with Gasteiger partial charge in [0.1, 0.15) is 5.02 Å². The largest absolute Gasteiger partial charge is 0.383 e. The number of sulfonamides is 1. The number of nitrogens with one attached hydrogen (secondary N) is 3. The van der Waals surface area contributed by atoms with Crippen LogP contribution in [0.4, 0.5) is 17.5 Å². The van der Waals surface area contributed by atoms with E-state index in [9.17, 15) is 8.42 Å². The van der Waals surface area contributed by atoms with E-state index >= 15 is 0 Å². The maximum atomic E-state index is 11.5. The summed E-state index contributed by atoms with van der Waals surface area (Å²) in [5.41, 5.74) is 3.69. The number of anilines is 3. The number of ether oxygens (including phenoxy) is 1. The monoisotopic (exact) mass is 522 g/mol. The molecule has 1 aliphatic heterocycles. The van der Waals surface area contributed by atoms with Crippen LogP contribution in [0, 0.1) is 0 Å². The van der Waals surface area contributed by atoms with Crippen LogP contribution in [0.1, 0.15) is 36.8 Å². The van der Waals surface area contributed by atoms with Crippen molar-refractivity contribution in [2.75, 3.05) is 50.2 Å². The molecule has 0 bridgehead atoms. The van der Waals surface area contributed by atoms with Crippen molar-refractivity contribution >= 4 is 39.1 Å². The first-order chi connectivity index (χ1) is 16.8. The summed E-state index contributed by atoms with van der Waals surface area (Å²) >= 11 is 6.38. The van der Waals surface area contributed by atoms with E-state index in [1.165, 1.54) is 17.4 Å². The van der Waals surface area contributed by atoms with Crippen LogP contribution in [-0.2, 0) is 27.6 Å². The van der Waals surface area contributed by atoms with E-state index in [0.717, 1.165) is 70.5 Å². The van der Waals surface area contributed by atoms with Crippen LogP contribution in [0.3, 0.4) is 0 Å². The predicted octanol–water partition coefficient (Wildman–Crippen LogP) is 3.19. The van der Waals surface area contributed by atoms with Crippen LogP contribution in [0.5, 0.6) is 0 Å². The zero-order chi connectivity index (χ0) is 24.8. The van der Waals surface area contributed by atoms with Crippen LogP contribution in [-0.4, -0.2) is 75.0 Å². The number of fused-ring (bicyclic) bond motifs is 1. The highest BCUT2D eigenvalue weighted by molar-refractivity contribution is 7.88. The van der Waals surface area contributed by atoms with E-state index in [-0.39, 0.29) is 12.1 Å². The summed E-state index contributed by atoms with van der Waals surface area (Å²) in [6, 6.07) is 6.62. The van der Waals surface area contributed by atoms with Gasteiger partial charge in [-0.05, 0) is 61.8 Å². The van der Waals surface area contributed by atoms with Crippen molar-refractivity contribution in [3.05, 3.63) is 40.5 Å². The summed E-state index contributed by atoms with van der Waals surface area (Å²) in [4.78, 5) is 11.4. The minimum atomic E-state index is -3.18. The number of rotatable bonds is 9. The lowest BCUT2D eigenvalue weighted by Crippen LogP contribution is -2.39. The quantitative estimate of drug-likeness (QED) is 0.461. The molecule has 0 spiro atoms. The first-order valence-electron chi connectivity index (χ1n) is 12.2. The third kappa shape index (κ3) is 7.75. The molecule has 2 aromatic rings. The van der Waals surface area contributed by atoms with Gasteiger partial charge in [0.2, 0.25) is 16.0 Å². The molecule has 2 aliphatic rings. The van der Waals surface area contributed by atoms with Gasteiger partial charge in [0.25, 0.3) is 0 Å². The Morgan fingerprint density at radius 1 is 1.11 bits per heavy atom. The fourth-order valence-electron chi connectivity index (χ4n) is 4.80. The molecule has 1 aliphatic carbocycles. The second-order valence-corrected chi connectivity index (χ2v) is 11.6. The van der Waals surface area contributed by atoms with Crippen LogP contribution in [0.15, 0.2) is 24.4 Å². The minimum absolute atomic E-state index is 0.0126. The zero-order valence-electron chi connectivity index (χ0n) is 20.4. The summed E-state index contributed by atoms with van der Waals surface area (Å²) in [6.45, 7) is 3.78. The van der Waals surface area contributed by atoms with Crippen LogP contribution < -0.4 is 15.4 Å². The Morgan fingerprint density at radius 2 is 1.83 bits per heavy atom. The number of hydrogen-bond donors (Lipinski definition) is 3. The minimum Gasteiger partial charge on any atom is -0.383 e. The molecule has 1 fully saturated rings. The Bertz CT molecular complexity index is 1110. The normalized spacial score (nSPS) is 21.2. The number of hydrogen-bond acceptors (Lipinski definition) is 8. The van der Waals surface area contributed by atoms with E-state index < -0.39 is 10.0 Å². The van der Waals surface area contributed by atoms with Gasteiger partial charge in [0, 0.05) is 44.5 Å². The molecule has 0 radical (unpaired) electrons. The number of nitrogens with zero attached hydrogens (tertiary/aromatic N) is 3. The Balaban J connectivity index is 1.36. The first-order valence-corrected chi connectivity index (χ1v) is 14.4. The average molecular weight is 523 g/mol. The summed E-state index contributed by atoms with van der Waals surface area (Å²) in [6.07, 6.45) is 8.06. The van der Waals surface area contributed by atoms with Crippen molar-refractivity contribution in [1.29, 1.82) is 0 Å². The summed E-state index contributed by atoms with van der Waals surface area (Å²) in [7, 11) is -1.44. The number of halogens is 1. The van der Waals surface area contributed by atoms with E-state index in [2.05, 4.69) is 48.4 Å². The maximum Gasteiger partial charge on any atom is 0.229 e. The molecule has 1 aromatic carbocycles. The molecule has 2 heterocycles. The van der Waals surface area contributed by atoms with Gasteiger partial charge in [-0.25, -0.2) is 18.1 Å². The molecule has 11 heteroatoms. The van der Waals surface area contributed by atoms with Crippen LogP contribution in [0.2, 0.25) is 5.02 Å². The SMILES string of the molecule is COCCN1CCc2ccc(Nc3ncc(Cl)c(N[C@H]4CC[C@H](NS(C)(=O)=O)CC4)n3)cc2CC1. The predicted molar refractivity (Wildman–Crippen MR) is 140 cm³/mol. The third-order valence-corrected chi connectivity index (χ3v) is 7.70. The molecule has 1 saturated carbocycles. The zero-order valence-corrected chi connectivity index (χ0v) is 22.0. The maximum absolute atomic E-state index is 11.5. The van der Waals surface area contributed by atoms with Gasteiger partial charge >= 0.3 is 0 Å². The second-order valence-electron chi connectivity index (χ2n) is 9.42. The average Bonchev–Trinajstić information content (AvgIpc) is 3.02. The molecule has 0 saturated heterocycles. The lowest BCUT2D eigenvalue weighted by atomic mass is 9.92. The lowest BCUT2D eigenvalue weighted by molar-refractivity contribution is 0.150. The van der Waals surface area contributed by atoms with Gasteiger partial charge in [-0.1, -0.05) is 17.7 Å². The molecular weight excluding hydrogens is 488 g/mol. The Kier molecular flexibility index (Phi) is 8.82. The Morgan fingerprint density at radius 3 is 2.54 bits per heavy atom. The summed E-state index contributed by atoms with van der Waals surface area (Å²) < 4.78 is 30.9. The van der Waals surface area contributed by atoms with Gasteiger partial charge in [-0.15, -0.1) is 0 Å². The fraction of sp³-hybridized carbons (Fsp3) is 0.583. The first kappa shape index (κ1) is 26.1. The molecule has 0 atom stereocenters. The van der Waals surface area contributed by atoms with E-state index in [1.54, 1.807) is 13.3 Å². The summed E-state index contributed by atoms with van der Waals surface area (Å²) in [5, 5.41) is 7.21. The standard InChI is InChI=1S/C24H35ClN6O3S/c1-34-14-13-31-11-9-17-3-4-21(15-18(17)10-12-31)28-24-26-16-22(25)23(29-24)27-19-5-7-20(8-6-19)30-35(2,32)33/h3-4,15-16,19-20,30H,5-14H2,1-2H3,(H2,26,27,28,29)/t19-,20-. The number of benzene rings is 1. The highest BCUT2D eigenvalue weighted by atomic mass is 35.5. The van der Waals surface area contributed by atoms with Gasteiger partial charge in [-0.2, -0.15) is 4.98 Å². The van der Waals surface area contributed by atoms with Crippen LogP contribution in [0.25, 0.3) is 0 Å². The molecule has 3 N–H and O–H groups in total. The fourth-order valence-corrected chi connectivity index (χ4v) is 5.79. The van der Waals surface area contributed by atoms with Gasteiger partial charge < -0.3 is 20.3 Å². The van der Waals surface area contributed by atoms with E-state index in [1.807, 2.05) is 0 Å². The van der Waals surface area contributed by atoms with Crippen molar-refractivity contribution < 1.29 is 13.2 Å². The third-order valence-electron chi connectivity index (χ3n) is 6.66. The molecule has 0 unspecified atom stereocenters. The second kappa shape index (κ2) is 11.8. The highest BCUT2D eigenvalue weighted by Gasteiger charge is 2.24. The lowest BCUT2D eigenvalue weighted by Gasteiger charge is -2.29. The highest BCUT2D eigenvalue weighted by Crippen LogP contribution is 2.28. The van der Waals surface area contributed by atoms with E-state index in [4.69, 9.17) is 16.3 Å². The van der Waals surface area contributed by atoms with Crippen molar-refractivity contribution in [1.82, 2.24) is 19.6 Å².